The fourth-order valence-corrected chi connectivity index (χ4v) is 2.35. The Labute approximate surface area is 118 Å². The van der Waals surface area contributed by atoms with E-state index in [1.165, 1.54) is 11.8 Å². The standard InChI is InChI=1S/C10H9Cl2N5S/c1-5-3-14-10(15-4-5)18-9-7(12)2-6(11)8(16-9)17-13/h2-4H,13H2,1H3,(H,16,17). The van der Waals surface area contributed by atoms with Crippen molar-refractivity contribution in [3.8, 4) is 0 Å². The van der Waals surface area contributed by atoms with Crippen molar-refractivity contribution in [2.45, 2.75) is 17.1 Å². The molecule has 0 fully saturated rings. The van der Waals surface area contributed by atoms with Crippen LogP contribution in [-0.2, 0) is 0 Å². The molecule has 0 aliphatic rings. The molecule has 5 nitrogen and oxygen atoms in total. The Kier molecular flexibility index (Phi) is 4.23. The normalized spacial score (nSPS) is 10.4. The predicted octanol–water partition coefficient (Wildman–Crippen LogP) is 2.92. The van der Waals surface area contributed by atoms with E-state index in [1.807, 2.05) is 6.92 Å². The molecule has 0 saturated heterocycles. The van der Waals surface area contributed by atoms with Gasteiger partial charge in [-0.15, -0.1) is 0 Å². The average Bonchev–Trinajstić information content (AvgIpc) is 2.35. The van der Waals surface area contributed by atoms with Crippen LogP contribution < -0.4 is 11.3 Å². The van der Waals surface area contributed by atoms with Crippen LogP contribution in [0.25, 0.3) is 0 Å². The molecule has 2 rings (SSSR count). The molecule has 0 amide bonds. The topological polar surface area (TPSA) is 76.7 Å². The van der Waals surface area contributed by atoms with E-state index >= 15 is 0 Å². The molecule has 94 valence electrons. The number of pyridine rings is 1. The van der Waals surface area contributed by atoms with Crippen molar-refractivity contribution >= 4 is 40.8 Å². The number of hydrogen-bond donors (Lipinski definition) is 2. The SMILES string of the molecule is Cc1cnc(Sc2nc(NN)c(Cl)cc2Cl)nc1. The number of nitrogens with one attached hydrogen (secondary N) is 1. The van der Waals surface area contributed by atoms with Crippen LogP contribution in [0.2, 0.25) is 10.0 Å². The van der Waals surface area contributed by atoms with E-state index < -0.39 is 0 Å². The Morgan fingerprint density at radius 1 is 1.22 bits per heavy atom. The van der Waals surface area contributed by atoms with Crippen molar-refractivity contribution in [3.05, 3.63) is 34.1 Å². The maximum absolute atomic E-state index is 6.05. The first-order valence-corrected chi connectivity index (χ1v) is 6.46. The van der Waals surface area contributed by atoms with E-state index in [4.69, 9.17) is 29.0 Å². The Bertz CT molecular complexity index is 561. The molecule has 0 atom stereocenters. The molecule has 0 spiro atoms. The molecule has 0 radical (unpaired) electrons. The Hall–Kier alpha value is -1.08. The number of hydrogen-bond acceptors (Lipinski definition) is 6. The summed E-state index contributed by atoms with van der Waals surface area (Å²) in [5.41, 5.74) is 3.39. The van der Waals surface area contributed by atoms with Crippen molar-refractivity contribution in [2.24, 2.45) is 5.84 Å². The summed E-state index contributed by atoms with van der Waals surface area (Å²) in [5, 5.41) is 1.88. The summed E-state index contributed by atoms with van der Waals surface area (Å²) < 4.78 is 0. The lowest BCUT2D eigenvalue weighted by molar-refractivity contribution is 0.944. The van der Waals surface area contributed by atoms with Gasteiger partial charge in [0.1, 0.15) is 5.03 Å². The summed E-state index contributed by atoms with van der Waals surface area (Å²) in [5.74, 6) is 5.66. The van der Waals surface area contributed by atoms with E-state index in [2.05, 4.69) is 20.4 Å². The highest BCUT2D eigenvalue weighted by molar-refractivity contribution is 7.99. The molecule has 0 unspecified atom stereocenters. The number of halogens is 2. The minimum Gasteiger partial charge on any atom is -0.307 e. The van der Waals surface area contributed by atoms with Crippen molar-refractivity contribution in [1.82, 2.24) is 15.0 Å². The quantitative estimate of drug-likeness (QED) is 0.516. The summed E-state index contributed by atoms with van der Waals surface area (Å²) in [4.78, 5) is 12.5. The fourth-order valence-electron chi connectivity index (χ4n) is 1.14. The zero-order valence-electron chi connectivity index (χ0n) is 9.32. The monoisotopic (exact) mass is 301 g/mol. The Morgan fingerprint density at radius 3 is 2.50 bits per heavy atom. The van der Waals surface area contributed by atoms with Gasteiger partial charge < -0.3 is 5.43 Å². The molecule has 2 aromatic heterocycles. The summed E-state index contributed by atoms with van der Waals surface area (Å²) >= 11 is 13.2. The third-order valence-corrected chi connectivity index (χ3v) is 3.57. The van der Waals surface area contributed by atoms with E-state index in [0.717, 1.165) is 5.56 Å². The number of aryl methyl sites for hydroxylation is 1. The van der Waals surface area contributed by atoms with Crippen molar-refractivity contribution in [3.63, 3.8) is 0 Å². The van der Waals surface area contributed by atoms with Gasteiger partial charge in [0.2, 0.25) is 0 Å². The summed E-state index contributed by atoms with van der Waals surface area (Å²) in [6.45, 7) is 1.92. The average molecular weight is 302 g/mol. The lowest BCUT2D eigenvalue weighted by atomic mass is 10.4. The highest BCUT2D eigenvalue weighted by atomic mass is 35.5. The Balaban J connectivity index is 2.31. The van der Waals surface area contributed by atoms with Crippen LogP contribution in [0.15, 0.2) is 28.6 Å². The molecule has 2 heterocycles. The van der Waals surface area contributed by atoms with Crippen LogP contribution in [0, 0.1) is 6.92 Å². The number of rotatable bonds is 3. The van der Waals surface area contributed by atoms with Gasteiger partial charge in [-0.25, -0.2) is 20.8 Å². The molecule has 0 aliphatic heterocycles. The van der Waals surface area contributed by atoms with Crippen LogP contribution in [0.4, 0.5) is 5.82 Å². The van der Waals surface area contributed by atoms with E-state index in [1.54, 1.807) is 18.5 Å². The van der Waals surface area contributed by atoms with Gasteiger partial charge in [0.05, 0.1) is 10.0 Å². The summed E-state index contributed by atoms with van der Waals surface area (Å²) in [7, 11) is 0. The highest BCUT2D eigenvalue weighted by Gasteiger charge is 2.11. The molecular formula is C10H9Cl2N5S. The number of nitrogen functional groups attached to an aromatic ring is 1. The number of anilines is 1. The molecular weight excluding hydrogens is 293 g/mol. The second-order valence-corrected chi connectivity index (χ2v) is 5.17. The first-order valence-electron chi connectivity index (χ1n) is 4.89. The molecule has 0 aliphatic carbocycles. The van der Waals surface area contributed by atoms with Gasteiger partial charge in [0, 0.05) is 12.4 Å². The highest BCUT2D eigenvalue weighted by Crippen LogP contribution is 2.33. The number of nitrogens with zero attached hydrogens (tertiary/aromatic N) is 3. The third kappa shape index (κ3) is 3.02. The first kappa shape index (κ1) is 13.4. The van der Waals surface area contributed by atoms with Gasteiger partial charge in [-0.1, -0.05) is 23.2 Å². The van der Waals surface area contributed by atoms with Gasteiger partial charge in [0.25, 0.3) is 0 Å². The fraction of sp³-hybridized carbons (Fsp3) is 0.100. The molecule has 0 bridgehead atoms. The van der Waals surface area contributed by atoms with Gasteiger partial charge >= 0.3 is 0 Å². The number of hydrazine groups is 1. The smallest absolute Gasteiger partial charge is 0.193 e. The minimum atomic E-state index is 0.357. The number of aromatic nitrogens is 3. The summed E-state index contributed by atoms with van der Waals surface area (Å²) in [6, 6.07) is 1.57. The maximum Gasteiger partial charge on any atom is 0.193 e. The van der Waals surface area contributed by atoms with Crippen LogP contribution >= 0.6 is 35.0 Å². The van der Waals surface area contributed by atoms with E-state index in [0.29, 0.717) is 26.0 Å². The van der Waals surface area contributed by atoms with Crippen LogP contribution in [0.5, 0.6) is 0 Å². The zero-order valence-corrected chi connectivity index (χ0v) is 11.6. The van der Waals surface area contributed by atoms with Crippen LogP contribution in [-0.4, -0.2) is 15.0 Å². The molecule has 3 N–H and O–H groups in total. The lowest BCUT2D eigenvalue weighted by Crippen LogP contribution is -2.09. The maximum atomic E-state index is 6.05. The largest absolute Gasteiger partial charge is 0.307 e. The molecule has 2 aromatic rings. The molecule has 8 heteroatoms. The molecule has 0 aromatic carbocycles. The third-order valence-electron chi connectivity index (χ3n) is 1.98. The second-order valence-electron chi connectivity index (χ2n) is 3.40. The zero-order chi connectivity index (χ0) is 13.1. The van der Waals surface area contributed by atoms with E-state index in [9.17, 15) is 0 Å². The number of nitrogens with two attached hydrogens (primary N) is 1. The first-order chi connectivity index (χ1) is 8.60. The van der Waals surface area contributed by atoms with E-state index in [-0.39, 0.29) is 0 Å². The van der Waals surface area contributed by atoms with Gasteiger partial charge in [-0.2, -0.15) is 0 Å². The Morgan fingerprint density at radius 2 is 1.89 bits per heavy atom. The van der Waals surface area contributed by atoms with Crippen molar-refractivity contribution in [2.75, 3.05) is 5.43 Å². The van der Waals surface area contributed by atoms with Crippen LogP contribution in [0.3, 0.4) is 0 Å². The van der Waals surface area contributed by atoms with Crippen molar-refractivity contribution < 1.29 is 0 Å². The van der Waals surface area contributed by atoms with Crippen molar-refractivity contribution in [1.29, 1.82) is 0 Å². The minimum absolute atomic E-state index is 0.357. The molecule has 18 heavy (non-hydrogen) atoms. The lowest BCUT2D eigenvalue weighted by Gasteiger charge is -2.07. The van der Waals surface area contributed by atoms with Gasteiger partial charge in [-0.3, -0.25) is 0 Å². The predicted molar refractivity (Wildman–Crippen MR) is 73.0 cm³/mol. The second kappa shape index (κ2) is 5.71. The van der Waals surface area contributed by atoms with Gasteiger partial charge in [0.15, 0.2) is 11.0 Å². The van der Waals surface area contributed by atoms with Crippen LogP contribution in [0.1, 0.15) is 5.56 Å². The molecule has 0 saturated carbocycles. The van der Waals surface area contributed by atoms with Gasteiger partial charge in [-0.05, 0) is 30.3 Å². The summed E-state index contributed by atoms with van der Waals surface area (Å²) in [6.07, 6.45) is 3.45.